The topological polar surface area (TPSA) is 67.7 Å². The van der Waals surface area contributed by atoms with Gasteiger partial charge in [-0.05, 0) is 6.92 Å². The minimum absolute atomic E-state index is 0.678. The van der Waals surface area contributed by atoms with Crippen molar-refractivity contribution >= 4 is 17.5 Å². The zero-order valence-corrected chi connectivity index (χ0v) is 9.31. The third-order valence-corrected chi connectivity index (χ3v) is 1.96. The summed E-state index contributed by atoms with van der Waals surface area (Å²) in [6.07, 6.45) is 5.21. The second-order valence-corrected chi connectivity index (χ2v) is 3.32. The van der Waals surface area contributed by atoms with Gasteiger partial charge in [-0.15, -0.1) is 0 Å². The second-order valence-electron chi connectivity index (χ2n) is 3.32. The first-order valence-electron chi connectivity index (χ1n) is 5.10. The largest absolute Gasteiger partial charge is 0.369 e. The third kappa shape index (κ3) is 2.47. The molecule has 6 nitrogen and oxygen atoms in total. The molecule has 2 heterocycles. The monoisotopic (exact) mass is 218 g/mol. The van der Waals surface area contributed by atoms with Crippen LogP contribution in [-0.4, -0.2) is 26.3 Å². The van der Waals surface area contributed by atoms with Gasteiger partial charge in [0.1, 0.15) is 5.82 Å². The molecule has 0 saturated carbocycles. The van der Waals surface area contributed by atoms with E-state index in [1.165, 1.54) is 0 Å². The highest BCUT2D eigenvalue weighted by Crippen LogP contribution is 2.12. The maximum absolute atomic E-state index is 4.33. The number of rotatable bonds is 4. The molecule has 0 aliphatic carbocycles. The van der Waals surface area contributed by atoms with Crippen LogP contribution in [0.5, 0.6) is 0 Å². The van der Waals surface area contributed by atoms with Crippen LogP contribution in [0.2, 0.25) is 0 Å². The number of nitrogens with zero attached hydrogens (tertiary/aromatic N) is 4. The van der Waals surface area contributed by atoms with Crippen LogP contribution in [0.1, 0.15) is 6.92 Å². The third-order valence-electron chi connectivity index (χ3n) is 1.96. The number of aromatic nitrogens is 4. The Morgan fingerprint density at radius 2 is 2.06 bits per heavy atom. The van der Waals surface area contributed by atoms with Crippen molar-refractivity contribution in [2.45, 2.75) is 6.92 Å². The molecule has 0 fully saturated rings. The minimum Gasteiger partial charge on any atom is -0.369 e. The average molecular weight is 218 g/mol. The molecule has 6 heteroatoms. The van der Waals surface area contributed by atoms with Crippen LogP contribution in [0.3, 0.4) is 0 Å². The van der Waals surface area contributed by atoms with Gasteiger partial charge >= 0.3 is 0 Å². The fourth-order valence-corrected chi connectivity index (χ4v) is 1.31. The lowest BCUT2D eigenvalue weighted by atomic mass is 10.5. The van der Waals surface area contributed by atoms with E-state index in [2.05, 4.69) is 25.7 Å². The zero-order chi connectivity index (χ0) is 11.4. The molecule has 0 aliphatic rings. The Morgan fingerprint density at radius 1 is 1.25 bits per heavy atom. The van der Waals surface area contributed by atoms with Crippen molar-refractivity contribution in [1.82, 2.24) is 19.7 Å². The summed E-state index contributed by atoms with van der Waals surface area (Å²) >= 11 is 0. The summed E-state index contributed by atoms with van der Waals surface area (Å²) < 4.78 is 1.73. The fourth-order valence-electron chi connectivity index (χ4n) is 1.31. The molecule has 84 valence electrons. The first-order valence-corrected chi connectivity index (χ1v) is 5.10. The Labute approximate surface area is 93.7 Å². The summed E-state index contributed by atoms with van der Waals surface area (Å²) in [5.74, 6) is 2.19. The molecule has 0 bridgehead atoms. The zero-order valence-electron chi connectivity index (χ0n) is 9.31. The summed E-state index contributed by atoms with van der Waals surface area (Å²) in [5, 5.41) is 10.4. The average Bonchev–Trinajstić information content (AvgIpc) is 2.65. The van der Waals surface area contributed by atoms with Crippen LogP contribution in [0.25, 0.3) is 0 Å². The Hall–Kier alpha value is -2.11. The van der Waals surface area contributed by atoms with E-state index in [-0.39, 0.29) is 0 Å². The van der Waals surface area contributed by atoms with E-state index in [0.29, 0.717) is 5.82 Å². The van der Waals surface area contributed by atoms with E-state index in [9.17, 15) is 0 Å². The molecule has 16 heavy (non-hydrogen) atoms. The highest BCUT2D eigenvalue weighted by molar-refractivity contribution is 5.52. The van der Waals surface area contributed by atoms with Crippen molar-refractivity contribution in [1.29, 1.82) is 0 Å². The molecule has 0 aromatic carbocycles. The van der Waals surface area contributed by atoms with Crippen molar-refractivity contribution in [2.75, 3.05) is 17.2 Å². The molecule has 2 aromatic rings. The molecule has 0 radical (unpaired) electrons. The SMILES string of the molecule is CCNc1cncc(Nc2ccn(C)n2)n1. The smallest absolute Gasteiger partial charge is 0.153 e. The first-order chi connectivity index (χ1) is 7.78. The van der Waals surface area contributed by atoms with Crippen LogP contribution in [0.4, 0.5) is 17.5 Å². The Bertz CT molecular complexity index is 464. The number of nitrogens with one attached hydrogen (secondary N) is 2. The van der Waals surface area contributed by atoms with Crippen molar-refractivity contribution < 1.29 is 0 Å². The second kappa shape index (κ2) is 4.61. The summed E-state index contributed by atoms with van der Waals surface area (Å²) in [5.41, 5.74) is 0. The molecular weight excluding hydrogens is 204 g/mol. The molecule has 2 aromatic heterocycles. The van der Waals surface area contributed by atoms with Crippen LogP contribution in [0, 0.1) is 0 Å². The number of anilines is 3. The van der Waals surface area contributed by atoms with E-state index in [0.717, 1.165) is 18.2 Å². The standard InChI is InChI=1S/C10H14N6/c1-3-12-9-6-11-7-10(14-9)13-8-4-5-16(2)15-8/h4-7H,3H2,1-2H3,(H2,12,13,14,15). The molecule has 0 aliphatic heterocycles. The minimum atomic E-state index is 0.678. The first kappa shape index (κ1) is 10.4. The predicted octanol–water partition coefficient (Wildman–Crippen LogP) is 1.39. The van der Waals surface area contributed by atoms with Gasteiger partial charge in [-0.3, -0.25) is 9.67 Å². The molecule has 2 rings (SSSR count). The number of aryl methyl sites for hydroxylation is 1. The van der Waals surface area contributed by atoms with Gasteiger partial charge in [-0.25, -0.2) is 4.98 Å². The molecule has 0 spiro atoms. The van der Waals surface area contributed by atoms with Gasteiger partial charge in [0.25, 0.3) is 0 Å². The summed E-state index contributed by atoms with van der Waals surface area (Å²) in [7, 11) is 1.87. The lowest BCUT2D eigenvalue weighted by Gasteiger charge is -2.04. The highest BCUT2D eigenvalue weighted by atomic mass is 15.3. The van der Waals surface area contributed by atoms with E-state index in [4.69, 9.17) is 0 Å². The van der Waals surface area contributed by atoms with E-state index in [1.54, 1.807) is 17.1 Å². The van der Waals surface area contributed by atoms with Gasteiger partial charge in [0.05, 0.1) is 12.4 Å². The fraction of sp³-hybridized carbons (Fsp3) is 0.300. The van der Waals surface area contributed by atoms with E-state index >= 15 is 0 Å². The molecule has 0 unspecified atom stereocenters. The Kier molecular flexibility index (Phi) is 3.00. The van der Waals surface area contributed by atoms with E-state index < -0.39 is 0 Å². The van der Waals surface area contributed by atoms with Crippen LogP contribution in [-0.2, 0) is 7.05 Å². The van der Waals surface area contributed by atoms with Gasteiger partial charge in [0.2, 0.25) is 0 Å². The van der Waals surface area contributed by atoms with Crippen LogP contribution in [0.15, 0.2) is 24.7 Å². The van der Waals surface area contributed by atoms with Crippen LogP contribution < -0.4 is 10.6 Å². The lowest BCUT2D eigenvalue weighted by molar-refractivity contribution is 0.771. The van der Waals surface area contributed by atoms with Gasteiger partial charge < -0.3 is 10.6 Å². The van der Waals surface area contributed by atoms with Crippen molar-refractivity contribution in [3.63, 3.8) is 0 Å². The van der Waals surface area contributed by atoms with Gasteiger partial charge in [-0.2, -0.15) is 5.10 Å². The van der Waals surface area contributed by atoms with Crippen LogP contribution >= 0.6 is 0 Å². The van der Waals surface area contributed by atoms with E-state index in [1.807, 2.05) is 26.2 Å². The lowest BCUT2D eigenvalue weighted by Crippen LogP contribution is -2.02. The maximum Gasteiger partial charge on any atom is 0.153 e. The van der Waals surface area contributed by atoms with Crippen molar-refractivity contribution in [3.8, 4) is 0 Å². The molecule has 0 amide bonds. The predicted molar refractivity (Wildman–Crippen MR) is 62.7 cm³/mol. The van der Waals surface area contributed by atoms with Crippen molar-refractivity contribution in [2.24, 2.45) is 7.05 Å². The highest BCUT2D eigenvalue weighted by Gasteiger charge is 2.00. The molecule has 0 saturated heterocycles. The molecular formula is C10H14N6. The molecule has 0 atom stereocenters. The Balaban J connectivity index is 2.12. The van der Waals surface area contributed by atoms with Gasteiger partial charge in [0, 0.05) is 25.9 Å². The summed E-state index contributed by atoms with van der Waals surface area (Å²) in [6, 6.07) is 1.88. The van der Waals surface area contributed by atoms with Gasteiger partial charge in [0.15, 0.2) is 11.6 Å². The maximum atomic E-state index is 4.33. The van der Waals surface area contributed by atoms with Crippen molar-refractivity contribution in [3.05, 3.63) is 24.7 Å². The van der Waals surface area contributed by atoms with Gasteiger partial charge in [-0.1, -0.05) is 0 Å². The quantitative estimate of drug-likeness (QED) is 0.811. The Morgan fingerprint density at radius 3 is 2.75 bits per heavy atom. The number of hydrogen-bond donors (Lipinski definition) is 2. The normalized spacial score (nSPS) is 10.1. The molecule has 2 N–H and O–H groups in total. The number of hydrogen-bond acceptors (Lipinski definition) is 5. The summed E-state index contributed by atoms with van der Waals surface area (Å²) in [4.78, 5) is 8.42. The summed E-state index contributed by atoms with van der Waals surface area (Å²) in [6.45, 7) is 2.84.